The molecule has 3 aromatic rings. The molecule has 0 atom stereocenters. The minimum absolute atomic E-state index is 0.110. The molecule has 2 heterocycles. The van der Waals surface area contributed by atoms with Crippen LogP contribution in [0.3, 0.4) is 0 Å². The highest BCUT2D eigenvalue weighted by Gasteiger charge is 2.17. The highest BCUT2D eigenvalue weighted by Crippen LogP contribution is 2.28. The fourth-order valence-electron chi connectivity index (χ4n) is 2.62. The van der Waals surface area contributed by atoms with E-state index in [1.165, 1.54) is 39.9 Å². The first-order chi connectivity index (χ1) is 14.0. The lowest BCUT2D eigenvalue weighted by molar-refractivity contribution is -0.117. The molecule has 2 aromatic heterocycles. The summed E-state index contributed by atoms with van der Waals surface area (Å²) < 4.78 is 1.52. The quantitative estimate of drug-likeness (QED) is 0.610. The summed E-state index contributed by atoms with van der Waals surface area (Å²) in [4.78, 5) is 41.6. The van der Waals surface area contributed by atoms with Gasteiger partial charge in [-0.1, -0.05) is 24.3 Å². The number of aromatic nitrogens is 2. The van der Waals surface area contributed by atoms with Crippen LogP contribution in [0, 0.1) is 0 Å². The Balaban J connectivity index is 1.59. The second kappa shape index (κ2) is 9.61. The molecule has 1 N–H and O–H groups in total. The Morgan fingerprint density at radius 2 is 1.93 bits per heavy atom. The van der Waals surface area contributed by atoms with Crippen LogP contribution >= 0.6 is 11.3 Å². The highest BCUT2D eigenvalue weighted by atomic mass is 32.1. The van der Waals surface area contributed by atoms with Crippen LogP contribution in [0.25, 0.3) is 6.08 Å². The normalized spacial score (nSPS) is 10.8. The maximum absolute atomic E-state index is 12.1. The minimum Gasteiger partial charge on any atom is -0.351 e. The number of pyridine rings is 1. The summed E-state index contributed by atoms with van der Waals surface area (Å²) in [5.74, 6) is -0.426. The van der Waals surface area contributed by atoms with Crippen molar-refractivity contribution in [2.75, 3.05) is 11.4 Å². The van der Waals surface area contributed by atoms with Crippen molar-refractivity contribution in [1.82, 2.24) is 14.9 Å². The van der Waals surface area contributed by atoms with Gasteiger partial charge in [0.05, 0.1) is 11.4 Å². The second-order valence-electron chi connectivity index (χ2n) is 6.10. The van der Waals surface area contributed by atoms with E-state index in [1.54, 1.807) is 29.8 Å². The van der Waals surface area contributed by atoms with Crippen LogP contribution in [0.2, 0.25) is 0 Å². The number of thiazole rings is 1. The number of carbonyl (C=O) groups excluding carboxylic acids is 2. The number of benzene rings is 1. The van der Waals surface area contributed by atoms with E-state index in [4.69, 9.17) is 0 Å². The van der Waals surface area contributed by atoms with Gasteiger partial charge in [-0.05, 0) is 24.3 Å². The lowest BCUT2D eigenvalue weighted by atomic mass is 10.3. The molecule has 0 aliphatic rings. The van der Waals surface area contributed by atoms with Crippen molar-refractivity contribution in [3.05, 3.63) is 82.2 Å². The van der Waals surface area contributed by atoms with Crippen LogP contribution in [0.15, 0.2) is 71.0 Å². The third kappa shape index (κ3) is 5.49. The van der Waals surface area contributed by atoms with Gasteiger partial charge in [0, 0.05) is 43.7 Å². The SMILES string of the molecule is CC(=O)N(c1ccccc1)c1nc(/C=C/C(=O)NCCn2ccccc2=O)cs1. The molecule has 0 aliphatic carbocycles. The molecule has 0 aliphatic heterocycles. The minimum atomic E-state index is -0.282. The molecule has 0 saturated heterocycles. The average Bonchev–Trinajstić information content (AvgIpc) is 3.17. The zero-order valence-corrected chi connectivity index (χ0v) is 16.6. The molecule has 7 nitrogen and oxygen atoms in total. The van der Waals surface area contributed by atoms with Gasteiger partial charge in [-0.2, -0.15) is 0 Å². The van der Waals surface area contributed by atoms with Crippen LogP contribution < -0.4 is 15.8 Å². The van der Waals surface area contributed by atoms with Crippen molar-refractivity contribution in [1.29, 1.82) is 0 Å². The van der Waals surface area contributed by atoms with Crippen LogP contribution in [-0.2, 0) is 16.1 Å². The number of anilines is 2. The van der Waals surface area contributed by atoms with Crippen LogP contribution in [0.5, 0.6) is 0 Å². The number of hydrogen-bond donors (Lipinski definition) is 1. The van der Waals surface area contributed by atoms with E-state index < -0.39 is 0 Å². The van der Waals surface area contributed by atoms with Gasteiger partial charge >= 0.3 is 0 Å². The molecule has 1 aromatic carbocycles. The Labute approximate surface area is 171 Å². The highest BCUT2D eigenvalue weighted by molar-refractivity contribution is 7.14. The van der Waals surface area contributed by atoms with E-state index in [0.29, 0.717) is 23.9 Å². The summed E-state index contributed by atoms with van der Waals surface area (Å²) >= 11 is 1.32. The summed E-state index contributed by atoms with van der Waals surface area (Å²) in [6.07, 6.45) is 4.65. The first-order valence-electron chi connectivity index (χ1n) is 8.97. The number of nitrogens with zero attached hydrogens (tertiary/aromatic N) is 3. The number of nitrogens with one attached hydrogen (secondary N) is 1. The lowest BCUT2D eigenvalue weighted by Crippen LogP contribution is -2.29. The Morgan fingerprint density at radius 1 is 1.17 bits per heavy atom. The van der Waals surface area contributed by atoms with Gasteiger partial charge in [0.1, 0.15) is 0 Å². The fraction of sp³-hybridized carbons (Fsp3) is 0.143. The smallest absolute Gasteiger partial charge is 0.250 e. The number of para-hydroxylation sites is 1. The molecule has 0 spiro atoms. The van der Waals surface area contributed by atoms with Gasteiger partial charge in [0.2, 0.25) is 11.8 Å². The Kier molecular flexibility index (Phi) is 6.70. The van der Waals surface area contributed by atoms with Crippen molar-refractivity contribution in [3.8, 4) is 0 Å². The predicted molar refractivity (Wildman–Crippen MR) is 114 cm³/mol. The van der Waals surface area contributed by atoms with Crippen molar-refractivity contribution in [2.45, 2.75) is 13.5 Å². The second-order valence-corrected chi connectivity index (χ2v) is 6.94. The lowest BCUT2D eigenvalue weighted by Gasteiger charge is -2.17. The van der Waals surface area contributed by atoms with E-state index in [1.807, 2.05) is 30.3 Å². The number of amides is 2. The average molecular weight is 408 g/mol. The molecule has 0 bridgehead atoms. The van der Waals surface area contributed by atoms with Crippen LogP contribution in [0.1, 0.15) is 12.6 Å². The maximum Gasteiger partial charge on any atom is 0.250 e. The van der Waals surface area contributed by atoms with Gasteiger partial charge < -0.3 is 9.88 Å². The molecule has 0 fully saturated rings. The summed E-state index contributed by atoms with van der Waals surface area (Å²) in [5.41, 5.74) is 1.21. The van der Waals surface area contributed by atoms with Crippen LogP contribution in [0.4, 0.5) is 10.8 Å². The van der Waals surface area contributed by atoms with Gasteiger partial charge in [-0.25, -0.2) is 4.98 Å². The van der Waals surface area contributed by atoms with Crippen molar-refractivity contribution in [2.24, 2.45) is 0 Å². The largest absolute Gasteiger partial charge is 0.351 e. The Hall–Kier alpha value is -3.52. The third-order valence-electron chi connectivity index (χ3n) is 3.99. The molecular formula is C21H20N4O3S. The van der Waals surface area contributed by atoms with Gasteiger partial charge in [-0.15, -0.1) is 11.3 Å². The van der Waals surface area contributed by atoms with Gasteiger partial charge in [-0.3, -0.25) is 19.3 Å². The fourth-order valence-corrected chi connectivity index (χ4v) is 3.48. The molecule has 2 amide bonds. The van der Waals surface area contributed by atoms with E-state index in [2.05, 4.69) is 10.3 Å². The molecule has 29 heavy (non-hydrogen) atoms. The molecule has 8 heteroatoms. The molecule has 148 valence electrons. The van der Waals surface area contributed by atoms with E-state index in [0.717, 1.165) is 5.69 Å². The van der Waals surface area contributed by atoms with Crippen molar-refractivity contribution in [3.63, 3.8) is 0 Å². The van der Waals surface area contributed by atoms with E-state index in [-0.39, 0.29) is 17.4 Å². The summed E-state index contributed by atoms with van der Waals surface area (Å²) in [5, 5.41) is 5.04. The number of carbonyl (C=O) groups is 2. The summed E-state index contributed by atoms with van der Waals surface area (Å²) in [6, 6.07) is 14.2. The maximum atomic E-state index is 12.1. The number of rotatable bonds is 7. The standard InChI is InChI=1S/C21H20N4O3S/c1-16(26)25(18-7-3-2-4-8-18)21-23-17(15-29-21)10-11-19(27)22-12-14-24-13-6-5-9-20(24)28/h2-11,13,15H,12,14H2,1H3,(H,22,27)/b11-10+. The number of hydrogen-bond acceptors (Lipinski definition) is 5. The monoisotopic (exact) mass is 408 g/mol. The Bertz CT molecular complexity index is 1070. The van der Waals surface area contributed by atoms with Crippen molar-refractivity contribution >= 4 is 40.0 Å². The summed E-state index contributed by atoms with van der Waals surface area (Å²) in [7, 11) is 0. The predicted octanol–water partition coefficient (Wildman–Crippen LogP) is 2.82. The summed E-state index contributed by atoms with van der Waals surface area (Å²) in [6.45, 7) is 2.21. The molecule has 0 saturated carbocycles. The topological polar surface area (TPSA) is 84.3 Å². The zero-order chi connectivity index (χ0) is 20.6. The first kappa shape index (κ1) is 20.2. The van der Waals surface area contributed by atoms with E-state index in [9.17, 15) is 14.4 Å². The molecule has 0 unspecified atom stereocenters. The first-order valence-corrected chi connectivity index (χ1v) is 9.85. The van der Waals surface area contributed by atoms with Gasteiger partial charge in [0.25, 0.3) is 5.56 Å². The Morgan fingerprint density at radius 3 is 2.66 bits per heavy atom. The van der Waals surface area contributed by atoms with E-state index >= 15 is 0 Å². The van der Waals surface area contributed by atoms with Crippen LogP contribution in [-0.4, -0.2) is 27.9 Å². The third-order valence-corrected chi connectivity index (χ3v) is 4.83. The molecule has 3 rings (SSSR count). The zero-order valence-electron chi connectivity index (χ0n) is 15.8. The molecular weight excluding hydrogens is 388 g/mol. The van der Waals surface area contributed by atoms with Crippen molar-refractivity contribution < 1.29 is 9.59 Å². The van der Waals surface area contributed by atoms with Gasteiger partial charge in [0.15, 0.2) is 5.13 Å². The molecule has 0 radical (unpaired) electrons.